The number of hydrogen-bond donors (Lipinski definition) is 0. The first kappa shape index (κ1) is 22.2. The average Bonchev–Trinajstić information content (AvgIpc) is 3.31. The van der Waals surface area contributed by atoms with Crippen LogP contribution >= 0.6 is 11.8 Å². The van der Waals surface area contributed by atoms with Crippen molar-refractivity contribution in [1.29, 1.82) is 0 Å². The van der Waals surface area contributed by atoms with Gasteiger partial charge in [0.25, 0.3) is 0 Å². The Morgan fingerprint density at radius 1 is 0.941 bits per heavy atom. The quantitative estimate of drug-likeness (QED) is 0.371. The van der Waals surface area contributed by atoms with E-state index >= 15 is 0 Å². The van der Waals surface area contributed by atoms with Crippen LogP contribution in [0.3, 0.4) is 0 Å². The van der Waals surface area contributed by atoms with E-state index < -0.39 is 0 Å². The van der Waals surface area contributed by atoms with Gasteiger partial charge in [0.05, 0.1) is 12.4 Å². The summed E-state index contributed by atoms with van der Waals surface area (Å²) in [5.74, 6) is 1.63. The maximum atomic E-state index is 13.4. The van der Waals surface area contributed by atoms with Crippen molar-refractivity contribution >= 4 is 17.7 Å². The molecule has 0 fully saturated rings. The minimum Gasteiger partial charge on any atom is -0.497 e. The summed E-state index contributed by atoms with van der Waals surface area (Å²) < 4.78 is 7.33. The van der Waals surface area contributed by atoms with Crippen LogP contribution in [0.25, 0.3) is 17.1 Å². The molecule has 5 rings (SSSR count). The summed E-state index contributed by atoms with van der Waals surface area (Å²) in [7, 11) is 1.65. The highest BCUT2D eigenvalue weighted by molar-refractivity contribution is 8.00. The van der Waals surface area contributed by atoms with Gasteiger partial charge in [-0.15, -0.1) is 10.2 Å². The van der Waals surface area contributed by atoms with Crippen LogP contribution in [0.5, 0.6) is 5.75 Å². The lowest BCUT2D eigenvalue weighted by atomic mass is 10.00. The minimum atomic E-state index is -0.296. The SMILES string of the molecule is COc1ccc(-n2c(SC(C)C(=O)N3CCc4ccccc4C3)nnc2-c2ccccc2)cc1. The molecule has 0 saturated heterocycles. The molecule has 0 spiro atoms. The fourth-order valence-corrected chi connectivity index (χ4v) is 5.19. The molecule has 6 nitrogen and oxygen atoms in total. The molecule has 0 aliphatic carbocycles. The average molecular weight is 471 g/mol. The Morgan fingerprint density at radius 2 is 1.65 bits per heavy atom. The number of carbonyl (C=O) groups is 1. The van der Waals surface area contributed by atoms with Crippen molar-refractivity contribution in [2.45, 2.75) is 30.3 Å². The van der Waals surface area contributed by atoms with Gasteiger partial charge in [-0.1, -0.05) is 66.4 Å². The molecule has 3 aromatic carbocycles. The van der Waals surface area contributed by atoms with Crippen molar-refractivity contribution in [3.05, 3.63) is 90.0 Å². The van der Waals surface area contributed by atoms with Gasteiger partial charge in [-0.25, -0.2) is 0 Å². The molecular formula is C27H26N4O2S. The highest BCUT2D eigenvalue weighted by atomic mass is 32.2. The fourth-order valence-electron chi connectivity index (χ4n) is 4.23. The van der Waals surface area contributed by atoms with Crippen LogP contribution in [0, 0.1) is 0 Å². The number of amides is 1. The molecule has 172 valence electrons. The molecule has 1 aliphatic rings. The fraction of sp³-hybridized carbons (Fsp3) is 0.222. The van der Waals surface area contributed by atoms with Gasteiger partial charge < -0.3 is 9.64 Å². The molecule has 2 heterocycles. The Hall–Kier alpha value is -3.58. The van der Waals surface area contributed by atoms with Gasteiger partial charge in [0.15, 0.2) is 11.0 Å². The Bertz CT molecular complexity index is 1290. The third-order valence-corrected chi connectivity index (χ3v) is 7.10. The van der Waals surface area contributed by atoms with Crippen molar-refractivity contribution in [3.63, 3.8) is 0 Å². The normalized spacial score (nSPS) is 13.9. The zero-order valence-electron chi connectivity index (χ0n) is 19.2. The highest BCUT2D eigenvalue weighted by Crippen LogP contribution is 2.32. The number of hydrogen-bond acceptors (Lipinski definition) is 5. The predicted octanol–water partition coefficient (Wildman–Crippen LogP) is 5.01. The maximum absolute atomic E-state index is 13.4. The number of benzene rings is 3. The number of thioether (sulfide) groups is 1. The van der Waals surface area contributed by atoms with E-state index in [1.807, 2.05) is 77.1 Å². The lowest BCUT2D eigenvalue weighted by Gasteiger charge is -2.30. The van der Waals surface area contributed by atoms with E-state index in [9.17, 15) is 4.79 Å². The van der Waals surface area contributed by atoms with E-state index in [4.69, 9.17) is 4.74 Å². The zero-order chi connectivity index (χ0) is 23.5. The lowest BCUT2D eigenvalue weighted by molar-refractivity contribution is -0.131. The molecule has 4 aromatic rings. The summed E-state index contributed by atoms with van der Waals surface area (Å²) in [5, 5.41) is 9.37. The number of methoxy groups -OCH3 is 1. The van der Waals surface area contributed by atoms with Crippen molar-refractivity contribution in [2.24, 2.45) is 0 Å². The van der Waals surface area contributed by atoms with Crippen LogP contribution in [-0.2, 0) is 17.8 Å². The van der Waals surface area contributed by atoms with Gasteiger partial charge in [0, 0.05) is 24.3 Å². The van der Waals surface area contributed by atoms with E-state index in [2.05, 4.69) is 28.4 Å². The van der Waals surface area contributed by atoms with Crippen LogP contribution in [0.15, 0.2) is 84.0 Å². The minimum absolute atomic E-state index is 0.116. The molecule has 0 N–H and O–H groups in total. The van der Waals surface area contributed by atoms with Crippen molar-refractivity contribution in [1.82, 2.24) is 19.7 Å². The molecule has 0 radical (unpaired) electrons. The number of fused-ring (bicyclic) bond motifs is 1. The lowest BCUT2D eigenvalue weighted by Crippen LogP contribution is -2.40. The number of carbonyl (C=O) groups excluding carboxylic acids is 1. The first-order valence-electron chi connectivity index (χ1n) is 11.3. The topological polar surface area (TPSA) is 60.2 Å². The molecule has 7 heteroatoms. The summed E-state index contributed by atoms with van der Waals surface area (Å²) in [6, 6.07) is 26.1. The molecule has 1 amide bonds. The van der Waals surface area contributed by atoms with Gasteiger partial charge in [0.1, 0.15) is 5.75 Å². The van der Waals surface area contributed by atoms with Crippen LogP contribution in [0.4, 0.5) is 0 Å². The molecular weight excluding hydrogens is 444 g/mol. The number of rotatable bonds is 6. The van der Waals surface area contributed by atoms with E-state index in [0.29, 0.717) is 11.7 Å². The van der Waals surface area contributed by atoms with Gasteiger partial charge in [0.2, 0.25) is 5.91 Å². The van der Waals surface area contributed by atoms with E-state index in [-0.39, 0.29) is 11.2 Å². The zero-order valence-corrected chi connectivity index (χ0v) is 20.0. The Balaban J connectivity index is 1.43. The van der Waals surface area contributed by atoms with E-state index in [0.717, 1.165) is 35.8 Å². The van der Waals surface area contributed by atoms with Crippen LogP contribution in [0.1, 0.15) is 18.1 Å². The van der Waals surface area contributed by atoms with Gasteiger partial charge >= 0.3 is 0 Å². The van der Waals surface area contributed by atoms with Gasteiger partial charge in [-0.05, 0) is 48.7 Å². The summed E-state index contributed by atoms with van der Waals surface area (Å²) >= 11 is 1.44. The first-order valence-corrected chi connectivity index (χ1v) is 12.2. The van der Waals surface area contributed by atoms with E-state index in [1.165, 1.54) is 22.9 Å². The molecule has 1 aromatic heterocycles. The molecule has 1 unspecified atom stereocenters. The first-order chi connectivity index (χ1) is 16.6. The van der Waals surface area contributed by atoms with Crippen LogP contribution in [-0.4, -0.2) is 44.5 Å². The third kappa shape index (κ3) is 4.43. The van der Waals surface area contributed by atoms with Crippen molar-refractivity contribution in [3.8, 4) is 22.8 Å². The number of ether oxygens (including phenoxy) is 1. The van der Waals surface area contributed by atoms with Gasteiger partial charge in [-0.2, -0.15) is 0 Å². The molecule has 1 atom stereocenters. The second-order valence-electron chi connectivity index (χ2n) is 8.24. The monoisotopic (exact) mass is 470 g/mol. The summed E-state index contributed by atoms with van der Waals surface area (Å²) in [6.45, 7) is 3.34. The molecule has 34 heavy (non-hydrogen) atoms. The third-order valence-electron chi connectivity index (χ3n) is 6.07. The Morgan fingerprint density at radius 3 is 2.38 bits per heavy atom. The smallest absolute Gasteiger partial charge is 0.236 e. The predicted molar refractivity (Wildman–Crippen MR) is 134 cm³/mol. The Labute approximate surface area is 203 Å². The van der Waals surface area contributed by atoms with E-state index in [1.54, 1.807) is 7.11 Å². The van der Waals surface area contributed by atoms with Crippen molar-refractivity contribution in [2.75, 3.05) is 13.7 Å². The maximum Gasteiger partial charge on any atom is 0.236 e. The highest BCUT2D eigenvalue weighted by Gasteiger charge is 2.27. The van der Waals surface area contributed by atoms with Crippen LogP contribution in [0.2, 0.25) is 0 Å². The second kappa shape index (κ2) is 9.73. The van der Waals surface area contributed by atoms with Gasteiger partial charge in [-0.3, -0.25) is 9.36 Å². The summed E-state index contributed by atoms with van der Waals surface area (Å²) in [4.78, 5) is 15.3. The summed E-state index contributed by atoms with van der Waals surface area (Å²) in [6.07, 6.45) is 0.888. The van der Waals surface area contributed by atoms with Crippen molar-refractivity contribution < 1.29 is 9.53 Å². The Kier molecular flexibility index (Phi) is 6.36. The molecule has 0 bridgehead atoms. The van der Waals surface area contributed by atoms with Crippen LogP contribution < -0.4 is 4.74 Å². The molecule has 1 aliphatic heterocycles. The second-order valence-corrected chi connectivity index (χ2v) is 9.55. The number of nitrogens with zero attached hydrogens (tertiary/aromatic N) is 4. The standard InChI is InChI=1S/C27H26N4O2S/c1-19(26(32)30-17-16-20-8-6-7-11-22(20)18-30)34-27-29-28-25(21-9-4-3-5-10-21)31(27)23-12-14-24(33-2)15-13-23/h3-15,19H,16-18H2,1-2H3. The largest absolute Gasteiger partial charge is 0.497 e. The summed E-state index contributed by atoms with van der Waals surface area (Å²) in [5.41, 5.74) is 4.44. The number of aromatic nitrogens is 3. The molecule has 0 saturated carbocycles.